The molecule has 2 amide bonds. The Hall–Kier alpha value is -3.81. The molecule has 2 heterocycles. The van der Waals surface area contributed by atoms with Crippen LogP contribution < -0.4 is 20.1 Å². The van der Waals surface area contributed by atoms with Crippen molar-refractivity contribution < 1.29 is 19.1 Å². The maximum atomic E-state index is 12.5. The number of methoxy groups -OCH3 is 2. The van der Waals surface area contributed by atoms with Crippen molar-refractivity contribution in [3.05, 3.63) is 77.1 Å². The second-order valence-electron chi connectivity index (χ2n) is 7.74. The highest BCUT2D eigenvalue weighted by molar-refractivity contribution is 5.92. The summed E-state index contributed by atoms with van der Waals surface area (Å²) in [6.07, 6.45) is 0.853. The number of carbonyl (C=O) groups excluding carboxylic acids is 2. The molecule has 166 valence electrons. The molecule has 0 radical (unpaired) electrons. The van der Waals surface area contributed by atoms with Crippen molar-refractivity contribution in [1.82, 2.24) is 20.4 Å². The molecule has 1 aliphatic rings. The lowest BCUT2D eigenvalue weighted by Gasteiger charge is -2.13. The number of fused-ring (bicyclic) bond motifs is 1. The molecule has 32 heavy (non-hydrogen) atoms. The van der Waals surface area contributed by atoms with Crippen LogP contribution in [0.3, 0.4) is 0 Å². The summed E-state index contributed by atoms with van der Waals surface area (Å²) in [7, 11) is 3.16. The van der Waals surface area contributed by atoms with Gasteiger partial charge in [0.05, 0.1) is 33.2 Å². The Kier molecular flexibility index (Phi) is 6.39. The number of nitrogens with zero attached hydrogens (tertiary/aromatic N) is 2. The van der Waals surface area contributed by atoms with E-state index in [4.69, 9.17) is 9.47 Å². The zero-order valence-electron chi connectivity index (χ0n) is 18.1. The molecule has 1 atom stereocenters. The summed E-state index contributed by atoms with van der Waals surface area (Å²) in [6, 6.07) is 16.9. The zero-order chi connectivity index (χ0) is 22.5. The van der Waals surface area contributed by atoms with Crippen LogP contribution in [-0.4, -0.2) is 41.9 Å². The number of rotatable bonds is 8. The van der Waals surface area contributed by atoms with E-state index in [0.717, 1.165) is 16.8 Å². The van der Waals surface area contributed by atoms with E-state index in [-0.39, 0.29) is 24.3 Å². The third kappa shape index (κ3) is 5.08. The van der Waals surface area contributed by atoms with Crippen LogP contribution in [0.5, 0.6) is 11.5 Å². The fourth-order valence-corrected chi connectivity index (χ4v) is 3.81. The van der Waals surface area contributed by atoms with Crippen LogP contribution in [0, 0.1) is 0 Å². The number of nitrogens with one attached hydrogen (secondary N) is 2. The van der Waals surface area contributed by atoms with Crippen molar-refractivity contribution in [2.75, 3.05) is 14.2 Å². The predicted molar refractivity (Wildman–Crippen MR) is 119 cm³/mol. The second kappa shape index (κ2) is 9.55. The number of hydrogen-bond donors (Lipinski definition) is 2. The largest absolute Gasteiger partial charge is 0.497 e. The average Bonchev–Trinajstić information content (AvgIpc) is 3.36. The molecule has 1 aliphatic heterocycles. The van der Waals surface area contributed by atoms with Crippen LogP contribution in [0.25, 0.3) is 0 Å². The normalized spacial score (nSPS) is 14.5. The van der Waals surface area contributed by atoms with Gasteiger partial charge in [-0.2, -0.15) is 5.10 Å². The van der Waals surface area contributed by atoms with E-state index in [1.807, 2.05) is 42.5 Å². The number of hydrogen-bond acceptors (Lipinski definition) is 5. The monoisotopic (exact) mass is 434 g/mol. The van der Waals surface area contributed by atoms with Gasteiger partial charge in [0, 0.05) is 24.7 Å². The van der Waals surface area contributed by atoms with Crippen molar-refractivity contribution >= 4 is 11.8 Å². The number of ether oxygens (including phenoxy) is 2. The Morgan fingerprint density at radius 3 is 2.41 bits per heavy atom. The minimum Gasteiger partial charge on any atom is -0.497 e. The molecular formula is C24H26N4O4. The molecule has 0 aliphatic carbocycles. The summed E-state index contributed by atoms with van der Waals surface area (Å²) in [6.45, 7) is 0.990. The highest BCUT2D eigenvalue weighted by Crippen LogP contribution is 2.23. The average molecular weight is 434 g/mol. The zero-order valence-corrected chi connectivity index (χ0v) is 18.1. The van der Waals surface area contributed by atoms with Crippen LogP contribution in [-0.2, 0) is 30.7 Å². The van der Waals surface area contributed by atoms with Gasteiger partial charge in [-0.3, -0.25) is 14.3 Å². The molecule has 0 spiro atoms. The lowest BCUT2D eigenvalue weighted by atomic mass is 10.1. The first-order valence-corrected chi connectivity index (χ1v) is 10.4. The fourth-order valence-electron chi connectivity index (χ4n) is 3.81. The Balaban J connectivity index is 1.30. The molecule has 2 aromatic carbocycles. The Bertz CT molecular complexity index is 1060. The summed E-state index contributed by atoms with van der Waals surface area (Å²) >= 11 is 0. The fraction of sp³-hybridized carbons (Fsp3) is 0.292. The Labute approximate surface area is 186 Å². The highest BCUT2D eigenvalue weighted by atomic mass is 16.5. The van der Waals surface area contributed by atoms with E-state index >= 15 is 0 Å². The van der Waals surface area contributed by atoms with E-state index in [2.05, 4.69) is 15.7 Å². The minimum atomic E-state index is -0.205. The molecule has 4 rings (SSSR count). The summed E-state index contributed by atoms with van der Waals surface area (Å²) < 4.78 is 12.3. The first-order chi connectivity index (χ1) is 15.5. The quantitative estimate of drug-likeness (QED) is 0.566. The van der Waals surface area contributed by atoms with Crippen molar-refractivity contribution in [3.63, 3.8) is 0 Å². The van der Waals surface area contributed by atoms with Crippen molar-refractivity contribution in [2.45, 2.75) is 32.0 Å². The van der Waals surface area contributed by atoms with Gasteiger partial charge in [-0.05, 0) is 29.3 Å². The predicted octanol–water partition coefficient (Wildman–Crippen LogP) is 2.11. The minimum absolute atomic E-state index is 0.0565. The van der Waals surface area contributed by atoms with Gasteiger partial charge in [0.15, 0.2) is 0 Å². The van der Waals surface area contributed by atoms with Crippen molar-refractivity contribution in [1.29, 1.82) is 0 Å². The molecule has 0 fully saturated rings. The van der Waals surface area contributed by atoms with Gasteiger partial charge in [0.25, 0.3) is 5.91 Å². The van der Waals surface area contributed by atoms with Gasteiger partial charge < -0.3 is 20.1 Å². The molecule has 0 saturated heterocycles. The third-order valence-electron chi connectivity index (χ3n) is 5.38. The summed E-state index contributed by atoms with van der Waals surface area (Å²) in [4.78, 5) is 25.0. The van der Waals surface area contributed by atoms with E-state index < -0.39 is 0 Å². The van der Waals surface area contributed by atoms with Crippen LogP contribution in [0.2, 0.25) is 0 Å². The molecule has 2 N–H and O–H groups in total. The maximum Gasteiger partial charge on any atom is 0.272 e. The molecule has 3 aromatic rings. The van der Waals surface area contributed by atoms with Gasteiger partial charge >= 0.3 is 0 Å². The SMILES string of the molecule is COc1cc(CC(=O)N[C@H]2Cc3cc(C(=O)NCc4ccccc4)nn3C2)cc(OC)c1. The van der Waals surface area contributed by atoms with Crippen LogP contribution >= 0.6 is 0 Å². The Morgan fingerprint density at radius 2 is 1.75 bits per heavy atom. The van der Waals surface area contributed by atoms with Crippen molar-refractivity contribution in [2.24, 2.45) is 0 Å². The molecule has 0 saturated carbocycles. The van der Waals surface area contributed by atoms with Gasteiger partial charge in [-0.15, -0.1) is 0 Å². The second-order valence-corrected chi connectivity index (χ2v) is 7.74. The molecule has 1 aromatic heterocycles. The van der Waals surface area contributed by atoms with Gasteiger partial charge in [-0.25, -0.2) is 0 Å². The number of aromatic nitrogens is 2. The van der Waals surface area contributed by atoms with E-state index in [1.165, 1.54) is 0 Å². The topological polar surface area (TPSA) is 94.5 Å². The Morgan fingerprint density at radius 1 is 1.03 bits per heavy atom. The van der Waals surface area contributed by atoms with Crippen LogP contribution in [0.1, 0.15) is 27.3 Å². The highest BCUT2D eigenvalue weighted by Gasteiger charge is 2.26. The lowest BCUT2D eigenvalue weighted by molar-refractivity contribution is -0.121. The van der Waals surface area contributed by atoms with Crippen LogP contribution in [0.4, 0.5) is 0 Å². The molecule has 8 nitrogen and oxygen atoms in total. The number of carbonyl (C=O) groups is 2. The summed E-state index contributed by atoms with van der Waals surface area (Å²) in [5.74, 6) is 0.998. The maximum absolute atomic E-state index is 12.5. The van der Waals surface area contributed by atoms with Crippen molar-refractivity contribution in [3.8, 4) is 11.5 Å². The first-order valence-electron chi connectivity index (χ1n) is 10.4. The third-order valence-corrected chi connectivity index (χ3v) is 5.38. The first kappa shape index (κ1) is 21.4. The molecule has 8 heteroatoms. The summed E-state index contributed by atoms with van der Waals surface area (Å²) in [5.41, 5.74) is 3.17. The summed E-state index contributed by atoms with van der Waals surface area (Å²) in [5, 5.41) is 10.3. The lowest BCUT2D eigenvalue weighted by Crippen LogP contribution is -2.37. The van der Waals surface area contributed by atoms with E-state index in [1.54, 1.807) is 31.0 Å². The molecular weight excluding hydrogens is 408 g/mol. The van der Waals surface area contributed by atoms with Crippen LogP contribution in [0.15, 0.2) is 54.6 Å². The smallest absolute Gasteiger partial charge is 0.272 e. The van der Waals surface area contributed by atoms with Gasteiger partial charge in [0.2, 0.25) is 5.91 Å². The molecule has 0 bridgehead atoms. The van der Waals surface area contributed by atoms with E-state index in [9.17, 15) is 9.59 Å². The van der Waals surface area contributed by atoms with Gasteiger partial charge in [-0.1, -0.05) is 30.3 Å². The standard InChI is InChI=1S/C24H26N4O4/c1-31-20-8-17(9-21(13-20)32-2)10-23(29)26-18-11-19-12-22(27-28(19)15-18)24(30)25-14-16-6-4-3-5-7-16/h3-9,12-13,18H,10-11,14-15H2,1-2H3,(H,25,30)(H,26,29)/t18-/m0/s1. The number of benzene rings is 2. The van der Waals surface area contributed by atoms with Gasteiger partial charge in [0.1, 0.15) is 17.2 Å². The number of amides is 2. The molecule has 0 unspecified atom stereocenters. The van der Waals surface area contributed by atoms with E-state index in [0.29, 0.717) is 36.7 Å².